The van der Waals surface area contributed by atoms with E-state index in [1.165, 1.54) is 5.71 Å². The molecule has 0 fully saturated rings. The Labute approximate surface area is 63.0 Å². The number of hydrazone groups is 1. The summed E-state index contributed by atoms with van der Waals surface area (Å²) in [5.74, 6) is 0. The van der Waals surface area contributed by atoms with Crippen LogP contribution in [-0.4, -0.2) is 12.3 Å². The second kappa shape index (κ2) is 6.33. The molecule has 0 aromatic carbocycles. The van der Waals surface area contributed by atoms with Gasteiger partial charge in [0, 0.05) is 5.71 Å². The number of hydrogen-bond donors (Lipinski definition) is 1. The van der Waals surface area contributed by atoms with Crippen molar-refractivity contribution >= 4 is 5.71 Å². The molecule has 1 N–H and O–H groups in total. The third-order valence-electron chi connectivity index (χ3n) is 1.29. The SMILES string of the molecule is C=CCNN=C(CC)CC. The van der Waals surface area contributed by atoms with Crippen molar-refractivity contribution in [2.75, 3.05) is 6.54 Å². The van der Waals surface area contributed by atoms with Gasteiger partial charge in [-0.1, -0.05) is 19.9 Å². The fraction of sp³-hybridized carbons (Fsp3) is 0.625. The Kier molecular flexibility index (Phi) is 5.83. The summed E-state index contributed by atoms with van der Waals surface area (Å²) in [6, 6.07) is 0. The molecule has 0 unspecified atom stereocenters. The number of nitrogens with one attached hydrogen (secondary N) is 1. The van der Waals surface area contributed by atoms with Crippen molar-refractivity contribution in [3.05, 3.63) is 12.7 Å². The molecule has 58 valence electrons. The monoisotopic (exact) mass is 140 g/mol. The van der Waals surface area contributed by atoms with Gasteiger partial charge < -0.3 is 5.43 Å². The molecule has 0 aliphatic rings. The maximum absolute atomic E-state index is 4.15. The molecule has 0 atom stereocenters. The molecular weight excluding hydrogens is 124 g/mol. The molecule has 0 aliphatic carbocycles. The summed E-state index contributed by atoms with van der Waals surface area (Å²) in [6.45, 7) is 8.55. The van der Waals surface area contributed by atoms with E-state index in [9.17, 15) is 0 Å². The first-order chi connectivity index (χ1) is 4.85. The first-order valence-electron chi connectivity index (χ1n) is 3.74. The normalized spacial score (nSPS) is 8.60. The highest BCUT2D eigenvalue weighted by Gasteiger charge is 1.88. The highest BCUT2D eigenvalue weighted by molar-refractivity contribution is 5.83. The second-order valence-electron chi connectivity index (χ2n) is 2.04. The molecule has 10 heavy (non-hydrogen) atoms. The average Bonchev–Trinajstić information content (AvgIpc) is 1.99. The highest BCUT2D eigenvalue weighted by Crippen LogP contribution is 1.88. The van der Waals surface area contributed by atoms with E-state index in [4.69, 9.17) is 0 Å². The Hall–Kier alpha value is -0.790. The quantitative estimate of drug-likeness (QED) is 0.268. The molecular formula is C8H16N2. The lowest BCUT2D eigenvalue weighted by atomic mass is 10.2. The largest absolute Gasteiger partial charge is 0.306 e. The Bertz CT molecular complexity index is 110. The minimum absolute atomic E-state index is 0.753. The number of rotatable bonds is 5. The molecule has 0 bridgehead atoms. The molecule has 0 saturated carbocycles. The van der Waals surface area contributed by atoms with Crippen molar-refractivity contribution < 1.29 is 0 Å². The van der Waals surface area contributed by atoms with Gasteiger partial charge in [0.1, 0.15) is 0 Å². The van der Waals surface area contributed by atoms with E-state index < -0.39 is 0 Å². The van der Waals surface area contributed by atoms with Gasteiger partial charge in [-0.05, 0) is 12.8 Å². The van der Waals surface area contributed by atoms with Crippen LogP contribution in [0, 0.1) is 0 Å². The van der Waals surface area contributed by atoms with Crippen LogP contribution in [0.25, 0.3) is 0 Å². The van der Waals surface area contributed by atoms with Gasteiger partial charge in [-0.25, -0.2) is 0 Å². The van der Waals surface area contributed by atoms with Crippen LogP contribution in [0.15, 0.2) is 17.8 Å². The molecule has 0 aliphatic heterocycles. The molecule has 2 nitrogen and oxygen atoms in total. The van der Waals surface area contributed by atoms with E-state index in [-0.39, 0.29) is 0 Å². The Morgan fingerprint density at radius 1 is 1.50 bits per heavy atom. The predicted molar refractivity (Wildman–Crippen MR) is 46.2 cm³/mol. The van der Waals surface area contributed by atoms with Gasteiger partial charge in [-0.15, -0.1) is 6.58 Å². The topological polar surface area (TPSA) is 24.4 Å². The summed E-state index contributed by atoms with van der Waals surface area (Å²) >= 11 is 0. The van der Waals surface area contributed by atoms with Crippen LogP contribution >= 0.6 is 0 Å². The standard InChI is InChI=1S/C8H16N2/c1-4-7-9-10-8(5-2)6-3/h4,9H,1,5-7H2,2-3H3. The maximum Gasteiger partial charge on any atom is 0.0507 e. The minimum Gasteiger partial charge on any atom is -0.306 e. The molecule has 0 aromatic heterocycles. The fourth-order valence-corrected chi connectivity index (χ4v) is 0.630. The zero-order chi connectivity index (χ0) is 7.82. The van der Waals surface area contributed by atoms with E-state index in [2.05, 4.69) is 31.0 Å². The van der Waals surface area contributed by atoms with Crippen LogP contribution in [-0.2, 0) is 0 Å². The summed E-state index contributed by atoms with van der Waals surface area (Å²) in [5, 5.41) is 4.15. The van der Waals surface area contributed by atoms with E-state index in [1.807, 2.05) is 0 Å². The molecule has 2 heteroatoms. The van der Waals surface area contributed by atoms with E-state index >= 15 is 0 Å². The van der Waals surface area contributed by atoms with Crippen LogP contribution in [0.5, 0.6) is 0 Å². The van der Waals surface area contributed by atoms with Crippen LogP contribution in [0.4, 0.5) is 0 Å². The summed E-state index contributed by atoms with van der Waals surface area (Å²) in [4.78, 5) is 0. The van der Waals surface area contributed by atoms with Crippen LogP contribution in [0.2, 0.25) is 0 Å². The first kappa shape index (κ1) is 9.21. The van der Waals surface area contributed by atoms with Gasteiger partial charge in [0.15, 0.2) is 0 Å². The molecule has 0 rings (SSSR count). The summed E-state index contributed by atoms with van der Waals surface area (Å²) in [6.07, 6.45) is 3.85. The van der Waals surface area contributed by atoms with Crippen molar-refractivity contribution in [2.24, 2.45) is 5.10 Å². The van der Waals surface area contributed by atoms with Gasteiger partial charge >= 0.3 is 0 Å². The third kappa shape index (κ3) is 4.13. The highest BCUT2D eigenvalue weighted by atomic mass is 15.3. The zero-order valence-electron chi connectivity index (χ0n) is 6.85. The smallest absolute Gasteiger partial charge is 0.0507 e. The van der Waals surface area contributed by atoms with Gasteiger partial charge in [-0.3, -0.25) is 0 Å². The van der Waals surface area contributed by atoms with Gasteiger partial charge in [0.05, 0.1) is 6.54 Å². The van der Waals surface area contributed by atoms with E-state index in [0.29, 0.717) is 0 Å². The van der Waals surface area contributed by atoms with Crippen molar-refractivity contribution in [1.29, 1.82) is 0 Å². The average molecular weight is 140 g/mol. The Morgan fingerprint density at radius 2 is 2.10 bits per heavy atom. The lowest BCUT2D eigenvalue weighted by Crippen LogP contribution is -2.08. The van der Waals surface area contributed by atoms with Crippen molar-refractivity contribution in [3.8, 4) is 0 Å². The molecule has 0 amide bonds. The fourth-order valence-electron chi connectivity index (χ4n) is 0.630. The summed E-state index contributed by atoms with van der Waals surface area (Å²) in [7, 11) is 0. The van der Waals surface area contributed by atoms with Crippen molar-refractivity contribution in [1.82, 2.24) is 5.43 Å². The summed E-state index contributed by atoms with van der Waals surface area (Å²) < 4.78 is 0. The van der Waals surface area contributed by atoms with Crippen LogP contribution in [0.1, 0.15) is 26.7 Å². The Balaban J connectivity index is 3.52. The molecule has 0 aromatic rings. The van der Waals surface area contributed by atoms with E-state index in [0.717, 1.165) is 19.4 Å². The molecule has 0 radical (unpaired) electrons. The lowest BCUT2D eigenvalue weighted by Gasteiger charge is -1.98. The van der Waals surface area contributed by atoms with Gasteiger partial charge in [0.25, 0.3) is 0 Å². The molecule has 0 saturated heterocycles. The van der Waals surface area contributed by atoms with Crippen LogP contribution < -0.4 is 5.43 Å². The summed E-state index contributed by atoms with van der Waals surface area (Å²) in [5.41, 5.74) is 4.12. The third-order valence-corrected chi connectivity index (χ3v) is 1.29. The molecule has 0 spiro atoms. The zero-order valence-corrected chi connectivity index (χ0v) is 6.85. The number of nitrogens with zero attached hydrogens (tertiary/aromatic N) is 1. The molecule has 0 heterocycles. The number of hydrogen-bond acceptors (Lipinski definition) is 2. The van der Waals surface area contributed by atoms with Crippen molar-refractivity contribution in [3.63, 3.8) is 0 Å². The first-order valence-corrected chi connectivity index (χ1v) is 3.74. The van der Waals surface area contributed by atoms with E-state index in [1.54, 1.807) is 6.08 Å². The lowest BCUT2D eigenvalue weighted by molar-refractivity contribution is 0.813. The van der Waals surface area contributed by atoms with Gasteiger partial charge in [-0.2, -0.15) is 5.10 Å². The van der Waals surface area contributed by atoms with Gasteiger partial charge in [0.2, 0.25) is 0 Å². The second-order valence-corrected chi connectivity index (χ2v) is 2.04. The Morgan fingerprint density at radius 3 is 2.50 bits per heavy atom. The minimum atomic E-state index is 0.753. The maximum atomic E-state index is 4.15. The van der Waals surface area contributed by atoms with Crippen molar-refractivity contribution in [2.45, 2.75) is 26.7 Å². The predicted octanol–water partition coefficient (Wildman–Crippen LogP) is 1.94. The van der Waals surface area contributed by atoms with Crippen LogP contribution in [0.3, 0.4) is 0 Å².